The summed E-state index contributed by atoms with van der Waals surface area (Å²) in [7, 11) is 4.06. The van der Waals surface area contributed by atoms with E-state index >= 15 is 0 Å². The first-order valence-corrected chi connectivity index (χ1v) is 7.86. The number of nitrogens with one attached hydrogen (secondary N) is 1. The van der Waals surface area contributed by atoms with Crippen LogP contribution in [-0.2, 0) is 11.2 Å². The van der Waals surface area contributed by atoms with E-state index in [1.54, 1.807) is 0 Å². The molecular formula is C19H24N2O2. The van der Waals surface area contributed by atoms with Crippen LogP contribution in [0.3, 0.4) is 0 Å². The highest BCUT2D eigenvalue weighted by molar-refractivity contribution is 5.77. The topological polar surface area (TPSA) is 41.6 Å². The number of hydrogen-bond donors (Lipinski definition) is 1. The largest absolute Gasteiger partial charge is 0.484 e. The Balaban J connectivity index is 1.62. The van der Waals surface area contributed by atoms with Gasteiger partial charge < -0.3 is 15.0 Å². The Kier molecular flexibility index (Phi) is 6.48. The van der Waals surface area contributed by atoms with E-state index in [0.29, 0.717) is 12.3 Å². The highest BCUT2D eigenvalue weighted by Crippen LogP contribution is 2.13. The molecule has 0 heterocycles. The number of anilines is 1. The lowest BCUT2D eigenvalue weighted by Crippen LogP contribution is -2.29. The number of rotatable bonds is 8. The first-order chi connectivity index (χ1) is 11.1. The van der Waals surface area contributed by atoms with Crippen molar-refractivity contribution in [1.29, 1.82) is 0 Å². The Bertz CT molecular complexity index is 595. The third-order valence-corrected chi connectivity index (χ3v) is 3.53. The highest BCUT2D eigenvalue weighted by atomic mass is 16.5. The molecule has 0 atom stereocenters. The summed E-state index contributed by atoms with van der Waals surface area (Å²) < 4.78 is 5.40. The quantitative estimate of drug-likeness (QED) is 0.762. The minimum absolute atomic E-state index is 0.0571. The number of hydrogen-bond acceptors (Lipinski definition) is 3. The van der Waals surface area contributed by atoms with E-state index in [-0.39, 0.29) is 12.5 Å². The van der Waals surface area contributed by atoms with Gasteiger partial charge in [0.25, 0.3) is 5.91 Å². The van der Waals surface area contributed by atoms with Gasteiger partial charge >= 0.3 is 0 Å². The van der Waals surface area contributed by atoms with Gasteiger partial charge in [0.05, 0.1) is 0 Å². The number of carbonyl (C=O) groups is 1. The Labute approximate surface area is 138 Å². The molecular weight excluding hydrogens is 288 g/mol. The summed E-state index contributed by atoms with van der Waals surface area (Å²) in [6.07, 6.45) is 1.87. The van der Waals surface area contributed by atoms with E-state index in [1.165, 1.54) is 11.3 Å². The standard InChI is InChI=1S/C19H24N2O2/c1-21(2)17-12-10-16(11-13-17)7-6-14-20-19(22)15-23-18-8-4-3-5-9-18/h3-5,8-13H,6-7,14-15H2,1-2H3,(H,20,22). The molecule has 1 N–H and O–H groups in total. The monoisotopic (exact) mass is 312 g/mol. The van der Waals surface area contributed by atoms with Crippen LogP contribution in [0.5, 0.6) is 5.75 Å². The fraction of sp³-hybridized carbons (Fsp3) is 0.316. The van der Waals surface area contributed by atoms with Crippen LogP contribution in [0.4, 0.5) is 5.69 Å². The number of ether oxygens (including phenoxy) is 1. The highest BCUT2D eigenvalue weighted by Gasteiger charge is 2.02. The van der Waals surface area contributed by atoms with Gasteiger partial charge in [0, 0.05) is 26.3 Å². The second-order valence-corrected chi connectivity index (χ2v) is 5.62. The molecule has 2 aromatic rings. The minimum atomic E-state index is -0.0863. The molecule has 0 aliphatic carbocycles. The summed E-state index contributed by atoms with van der Waals surface area (Å²) in [4.78, 5) is 13.8. The van der Waals surface area contributed by atoms with Crippen molar-refractivity contribution in [2.45, 2.75) is 12.8 Å². The lowest BCUT2D eigenvalue weighted by atomic mass is 10.1. The zero-order valence-electron chi connectivity index (χ0n) is 13.8. The Morgan fingerprint density at radius 2 is 1.74 bits per heavy atom. The lowest BCUT2D eigenvalue weighted by molar-refractivity contribution is -0.123. The molecule has 1 amide bonds. The summed E-state index contributed by atoms with van der Waals surface area (Å²) in [5.41, 5.74) is 2.48. The van der Waals surface area contributed by atoms with Crippen LogP contribution in [0.1, 0.15) is 12.0 Å². The first kappa shape index (κ1) is 16.9. The van der Waals surface area contributed by atoms with Crippen molar-refractivity contribution < 1.29 is 9.53 Å². The second-order valence-electron chi connectivity index (χ2n) is 5.62. The van der Waals surface area contributed by atoms with Crippen molar-refractivity contribution in [2.24, 2.45) is 0 Å². The SMILES string of the molecule is CN(C)c1ccc(CCCNC(=O)COc2ccccc2)cc1. The van der Waals surface area contributed by atoms with Crippen LogP contribution in [0.15, 0.2) is 54.6 Å². The molecule has 0 spiro atoms. The molecule has 0 radical (unpaired) electrons. The van der Waals surface area contributed by atoms with E-state index < -0.39 is 0 Å². The van der Waals surface area contributed by atoms with Crippen molar-refractivity contribution >= 4 is 11.6 Å². The fourth-order valence-corrected chi connectivity index (χ4v) is 2.20. The molecule has 23 heavy (non-hydrogen) atoms. The van der Waals surface area contributed by atoms with Crippen LogP contribution in [0, 0.1) is 0 Å². The van der Waals surface area contributed by atoms with Crippen LogP contribution in [0.2, 0.25) is 0 Å². The molecule has 4 nitrogen and oxygen atoms in total. The van der Waals surface area contributed by atoms with Gasteiger partial charge in [0.2, 0.25) is 0 Å². The normalized spacial score (nSPS) is 10.2. The van der Waals surface area contributed by atoms with E-state index in [9.17, 15) is 4.79 Å². The summed E-state index contributed by atoms with van der Waals surface area (Å²) in [5.74, 6) is 0.625. The molecule has 122 valence electrons. The van der Waals surface area contributed by atoms with Gasteiger partial charge in [-0.1, -0.05) is 30.3 Å². The molecule has 4 heteroatoms. The maximum absolute atomic E-state index is 11.7. The molecule has 0 saturated heterocycles. The van der Waals surface area contributed by atoms with Crippen LogP contribution >= 0.6 is 0 Å². The molecule has 0 aromatic heterocycles. The molecule has 2 aromatic carbocycles. The van der Waals surface area contributed by atoms with Gasteiger partial charge in [-0.25, -0.2) is 0 Å². The summed E-state index contributed by atoms with van der Waals surface area (Å²) in [6, 6.07) is 17.9. The summed E-state index contributed by atoms with van der Waals surface area (Å²) in [5, 5.41) is 2.88. The average molecular weight is 312 g/mol. The Morgan fingerprint density at radius 3 is 2.39 bits per heavy atom. The van der Waals surface area contributed by atoms with Crippen molar-refractivity contribution in [1.82, 2.24) is 5.32 Å². The number of para-hydroxylation sites is 1. The van der Waals surface area contributed by atoms with Crippen molar-refractivity contribution in [3.05, 3.63) is 60.2 Å². The zero-order chi connectivity index (χ0) is 16.5. The maximum atomic E-state index is 11.7. The molecule has 0 unspecified atom stereocenters. The van der Waals surface area contributed by atoms with Crippen molar-refractivity contribution in [3.8, 4) is 5.75 Å². The van der Waals surface area contributed by atoms with Crippen LogP contribution in [0.25, 0.3) is 0 Å². The predicted molar refractivity (Wildman–Crippen MR) is 94.0 cm³/mol. The lowest BCUT2D eigenvalue weighted by Gasteiger charge is -2.12. The maximum Gasteiger partial charge on any atom is 0.257 e. The average Bonchev–Trinajstić information content (AvgIpc) is 2.58. The van der Waals surface area contributed by atoms with Crippen LogP contribution in [-0.4, -0.2) is 33.2 Å². The van der Waals surface area contributed by atoms with Crippen molar-refractivity contribution in [3.63, 3.8) is 0 Å². The van der Waals surface area contributed by atoms with E-state index in [0.717, 1.165) is 12.8 Å². The predicted octanol–water partition coefficient (Wildman–Crippen LogP) is 2.88. The molecule has 0 aliphatic rings. The third kappa shape index (κ3) is 6.02. The van der Waals surface area contributed by atoms with Gasteiger partial charge in [0.15, 0.2) is 6.61 Å². The first-order valence-electron chi connectivity index (χ1n) is 7.86. The number of nitrogens with zero attached hydrogens (tertiary/aromatic N) is 1. The Hall–Kier alpha value is -2.49. The smallest absolute Gasteiger partial charge is 0.257 e. The van der Waals surface area contributed by atoms with E-state index in [2.05, 4.69) is 34.5 Å². The van der Waals surface area contributed by atoms with Gasteiger partial charge in [-0.3, -0.25) is 4.79 Å². The summed E-state index contributed by atoms with van der Waals surface area (Å²) >= 11 is 0. The number of benzene rings is 2. The second kappa shape index (κ2) is 8.83. The van der Waals surface area contributed by atoms with E-state index in [4.69, 9.17) is 4.74 Å². The molecule has 2 rings (SSSR count). The van der Waals surface area contributed by atoms with Crippen molar-refractivity contribution in [2.75, 3.05) is 32.1 Å². The third-order valence-electron chi connectivity index (χ3n) is 3.53. The number of amides is 1. The van der Waals surface area contributed by atoms with Gasteiger partial charge in [-0.2, -0.15) is 0 Å². The molecule has 0 aliphatic heterocycles. The van der Waals surface area contributed by atoms with Gasteiger partial charge in [-0.05, 0) is 42.7 Å². The zero-order valence-corrected chi connectivity index (χ0v) is 13.8. The molecule has 0 saturated carbocycles. The Morgan fingerprint density at radius 1 is 1.04 bits per heavy atom. The minimum Gasteiger partial charge on any atom is -0.484 e. The van der Waals surface area contributed by atoms with E-state index in [1.807, 2.05) is 44.4 Å². The van der Waals surface area contributed by atoms with Gasteiger partial charge in [-0.15, -0.1) is 0 Å². The number of carbonyl (C=O) groups excluding carboxylic acids is 1. The van der Waals surface area contributed by atoms with Gasteiger partial charge in [0.1, 0.15) is 5.75 Å². The number of aryl methyl sites for hydroxylation is 1. The fourth-order valence-electron chi connectivity index (χ4n) is 2.20. The molecule has 0 bridgehead atoms. The summed E-state index contributed by atoms with van der Waals surface area (Å²) in [6.45, 7) is 0.716. The molecule has 0 fully saturated rings. The van der Waals surface area contributed by atoms with Crippen LogP contribution < -0.4 is 15.0 Å².